The van der Waals surface area contributed by atoms with E-state index in [9.17, 15) is 17.1 Å². The van der Waals surface area contributed by atoms with E-state index >= 15 is 0 Å². The van der Waals surface area contributed by atoms with E-state index in [0.717, 1.165) is 0 Å². The van der Waals surface area contributed by atoms with Crippen molar-refractivity contribution in [2.45, 2.75) is 50.5 Å². The molecule has 7 heteroatoms. The predicted molar refractivity (Wildman–Crippen MR) is 56.2 cm³/mol. The molecule has 94 valence electrons. The molecule has 2 atom stereocenters. The smallest absolute Gasteiger partial charge is 0.407 e. The Morgan fingerprint density at radius 1 is 1.38 bits per heavy atom. The Morgan fingerprint density at radius 3 is 2.25 bits per heavy atom. The molecule has 1 amide bonds. The molecule has 1 aliphatic carbocycles. The lowest BCUT2D eigenvalue weighted by atomic mass is 9.92. The molecule has 0 heterocycles. The van der Waals surface area contributed by atoms with Gasteiger partial charge >= 0.3 is 16.3 Å². The standard InChI is InChI=1S/C9H16FNO4S/c1-9(2,3)15-8(12)11-6-4-5-7(6)16(10,13)14/h6-7H,4-5H2,1-3H3,(H,11,12)/t6-,7-/m0/s1. The van der Waals surface area contributed by atoms with Crippen molar-refractivity contribution < 1.29 is 21.8 Å². The van der Waals surface area contributed by atoms with Crippen LogP contribution in [0.25, 0.3) is 0 Å². The molecule has 5 nitrogen and oxygen atoms in total. The average Bonchev–Trinajstić information content (AvgIpc) is 1.90. The summed E-state index contributed by atoms with van der Waals surface area (Å²) in [5.74, 6) is 0. The highest BCUT2D eigenvalue weighted by molar-refractivity contribution is 7.87. The molecule has 0 radical (unpaired) electrons. The van der Waals surface area contributed by atoms with Gasteiger partial charge in [0.25, 0.3) is 0 Å². The zero-order valence-electron chi connectivity index (χ0n) is 9.49. The molecule has 1 aliphatic rings. The van der Waals surface area contributed by atoms with Gasteiger partial charge in [-0.3, -0.25) is 0 Å². The van der Waals surface area contributed by atoms with Gasteiger partial charge in [0.1, 0.15) is 10.9 Å². The molecule has 1 rings (SSSR count). The largest absolute Gasteiger partial charge is 0.444 e. The third-order valence-electron chi connectivity index (χ3n) is 2.27. The summed E-state index contributed by atoms with van der Waals surface area (Å²) in [6.07, 6.45) is -0.0299. The Bertz CT molecular complexity index is 373. The van der Waals surface area contributed by atoms with Crippen LogP contribution in [0.4, 0.5) is 8.68 Å². The van der Waals surface area contributed by atoms with Crippen molar-refractivity contribution in [1.82, 2.24) is 5.32 Å². The molecule has 1 N–H and O–H groups in total. The molecule has 0 unspecified atom stereocenters. The fourth-order valence-corrected chi connectivity index (χ4v) is 2.44. The summed E-state index contributed by atoms with van der Waals surface area (Å²) in [4.78, 5) is 11.3. The van der Waals surface area contributed by atoms with Crippen LogP contribution in [0.15, 0.2) is 0 Å². The van der Waals surface area contributed by atoms with E-state index in [0.29, 0.717) is 6.42 Å². The molecular weight excluding hydrogens is 237 g/mol. The lowest BCUT2D eigenvalue weighted by Gasteiger charge is -2.34. The van der Waals surface area contributed by atoms with Crippen LogP contribution in [-0.4, -0.2) is 31.4 Å². The summed E-state index contributed by atoms with van der Waals surface area (Å²) in [7, 11) is -4.57. The van der Waals surface area contributed by atoms with E-state index < -0.39 is 33.2 Å². The Labute approximate surface area is 94.6 Å². The van der Waals surface area contributed by atoms with Gasteiger partial charge in [-0.2, -0.15) is 8.42 Å². The molecule has 0 aromatic heterocycles. The maximum Gasteiger partial charge on any atom is 0.407 e. The van der Waals surface area contributed by atoms with Crippen molar-refractivity contribution in [1.29, 1.82) is 0 Å². The molecule has 0 aromatic carbocycles. The summed E-state index contributed by atoms with van der Waals surface area (Å²) in [6.45, 7) is 5.07. The molecule has 16 heavy (non-hydrogen) atoms. The van der Waals surface area contributed by atoms with Gasteiger partial charge in [-0.15, -0.1) is 3.89 Å². The minimum absolute atomic E-state index is 0.235. The summed E-state index contributed by atoms with van der Waals surface area (Å²) in [5.41, 5.74) is -0.655. The van der Waals surface area contributed by atoms with Gasteiger partial charge in [0.05, 0.1) is 6.04 Å². The van der Waals surface area contributed by atoms with E-state index in [1.807, 2.05) is 0 Å². The SMILES string of the molecule is CC(C)(C)OC(=O)N[C@H]1CC[C@@H]1S(=O)(=O)F. The second-order valence-electron chi connectivity index (χ2n) is 4.84. The average molecular weight is 253 g/mol. The van der Waals surface area contributed by atoms with E-state index in [1.54, 1.807) is 20.8 Å². The number of alkyl carbamates (subject to hydrolysis) is 1. The van der Waals surface area contributed by atoms with Crippen LogP contribution in [0.2, 0.25) is 0 Å². The number of nitrogens with one attached hydrogen (secondary N) is 1. The molecule has 1 fully saturated rings. The van der Waals surface area contributed by atoms with Crippen LogP contribution in [0.3, 0.4) is 0 Å². The topological polar surface area (TPSA) is 72.5 Å². The summed E-state index contributed by atoms with van der Waals surface area (Å²) in [6, 6.07) is -0.676. The molecule has 0 aromatic rings. The monoisotopic (exact) mass is 253 g/mol. The summed E-state index contributed by atoms with van der Waals surface area (Å²) < 4.78 is 38.9. The maximum atomic E-state index is 12.7. The van der Waals surface area contributed by atoms with E-state index in [1.165, 1.54) is 0 Å². The van der Waals surface area contributed by atoms with Gasteiger partial charge in [0.15, 0.2) is 0 Å². The second-order valence-corrected chi connectivity index (χ2v) is 6.40. The fraction of sp³-hybridized carbons (Fsp3) is 0.889. The van der Waals surface area contributed by atoms with Crippen molar-refractivity contribution in [3.05, 3.63) is 0 Å². The minimum Gasteiger partial charge on any atom is -0.444 e. The fourth-order valence-electron chi connectivity index (χ4n) is 1.43. The number of halogens is 1. The first-order valence-corrected chi connectivity index (χ1v) is 6.47. The maximum absolute atomic E-state index is 12.7. The Balaban J connectivity index is 2.48. The summed E-state index contributed by atoms with van der Waals surface area (Å²) >= 11 is 0. The van der Waals surface area contributed by atoms with Gasteiger partial charge in [-0.25, -0.2) is 4.79 Å². The first-order valence-electron chi connectivity index (χ1n) is 5.02. The normalized spacial score (nSPS) is 25.8. The van der Waals surface area contributed by atoms with E-state index in [4.69, 9.17) is 4.74 Å². The zero-order valence-corrected chi connectivity index (χ0v) is 10.3. The van der Waals surface area contributed by atoms with Crippen LogP contribution in [0.1, 0.15) is 33.6 Å². The molecule has 0 saturated heterocycles. The second kappa shape index (κ2) is 4.20. The number of carbonyl (C=O) groups excluding carboxylic acids is 1. The lowest BCUT2D eigenvalue weighted by molar-refractivity contribution is 0.0481. The molecule has 0 aliphatic heterocycles. The van der Waals surface area contributed by atoms with Gasteiger partial charge in [-0.05, 0) is 33.6 Å². The number of ether oxygens (including phenoxy) is 1. The number of amides is 1. The lowest BCUT2D eigenvalue weighted by Crippen LogP contribution is -2.53. The van der Waals surface area contributed by atoms with E-state index in [-0.39, 0.29) is 6.42 Å². The molecular formula is C9H16FNO4S. The Kier molecular flexibility index (Phi) is 3.47. The minimum atomic E-state index is -4.57. The van der Waals surface area contributed by atoms with Crippen LogP contribution < -0.4 is 5.32 Å². The highest BCUT2D eigenvalue weighted by Crippen LogP contribution is 2.28. The Hall–Kier alpha value is -0.850. The van der Waals surface area contributed by atoms with Crippen molar-refractivity contribution >= 4 is 16.3 Å². The third kappa shape index (κ3) is 3.62. The number of carbonyl (C=O) groups is 1. The quantitative estimate of drug-likeness (QED) is 0.754. The van der Waals surface area contributed by atoms with Crippen LogP contribution >= 0.6 is 0 Å². The number of hydrogen-bond donors (Lipinski definition) is 1. The first-order chi connectivity index (χ1) is 7.09. The van der Waals surface area contributed by atoms with E-state index in [2.05, 4.69) is 5.32 Å². The van der Waals surface area contributed by atoms with Crippen LogP contribution in [0.5, 0.6) is 0 Å². The van der Waals surface area contributed by atoms with Crippen molar-refractivity contribution in [3.8, 4) is 0 Å². The highest BCUT2D eigenvalue weighted by Gasteiger charge is 2.42. The number of rotatable bonds is 2. The first kappa shape index (κ1) is 13.2. The predicted octanol–water partition coefficient (Wildman–Crippen LogP) is 1.34. The van der Waals surface area contributed by atoms with Gasteiger partial charge in [0.2, 0.25) is 0 Å². The van der Waals surface area contributed by atoms with Crippen molar-refractivity contribution in [3.63, 3.8) is 0 Å². The molecule has 0 bridgehead atoms. The summed E-state index contributed by atoms with van der Waals surface area (Å²) in [5, 5.41) is 1.22. The third-order valence-corrected chi connectivity index (χ3v) is 3.56. The molecule has 1 saturated carbocycles. The van der Waals surface area contributed by atoms with Crippen molar-refractivity contribution in [2.75, 3.05) is 0 Å². The van der Waals surface area contributed by atoms with Gasteiger partial charge in [0, 0.05) is 0 Å². The Morgan fingerprint density at radius 2 is 1.94 bits per heavy atom. The van der Waals surface area contributed by atoms with Gasteiger partial charge in [-0.1, -0.05) is 0 Å². The number of hydrogen-bond acceptors (Lipinski definition) is 4. The van der Waals surface area contributed by atoms with Crippen molar-refractivity contribution in [2.24, 2.45) is 0 Å². The van der Waals surface area contributed by atoms with Gasteiger partial charge < -0.3 is 10.1 Å². The highest BCUT2D eigenvalue weighted by atomic mass is 32.3. The zero-order chi connectivity index (χ0) is 12.6. The van der Waals surface area contributed by atoms with Crippen LogP contribution in [0, 0.1) is 0 Å². The van der Waals surface area contributed by atoms with Crippen LogP contribution in [-0.2, 0) is 15.0 Å². The molecule has 0 spiro atoms.